The number of nitrogen functional groups attached to an aromatic ring is 1. The third-order valence-corrected chi connectivity index (χ3v) is 6.13. The van der Waals surface area contributed by atoms with Gasteiger partial charge in [-0.2, -0.15) is 0 Å². The third-order valence-electron chi connectivity index (χ3n) is 4.98. The summed E-state index contributed by atoms with van der Waals surface area (Å²) >= 11 is 1.50. The Morgan fingerprint density at radius 3 is 2.90 bits per heavy atom. The van der Waals surface area contributed by atoms with Crippen molar-refractivity contribution < 1.29 is 14.3 Å². The van der Waals surface area contributed by atoms with Gasteiger partial charge in [0, 0.05) is 23.9 Å². The van der Waals surface area contributed by atoms with Crippen molar-refractivity contribution in [3.05, 3.63) is 24.0 Å². The van der Waals surface area contributed by atoms with E-state index in [0.717, 1.165) is 40.0 Å². The summed E-state index contributed by atoms with van der Waals surface area (Å²) in [6.45, 7) is 3.28. The second-order valence-corrected chi connectivity index (χ2v) is 8.12. The number of nitrogens with zero attached hydrogens (tertiary/aromatic N) is 4. The van der Waals surface area contributed by atoms with Crippen molar-refractivity contribution >= 4 is 34.7 Å². The van der Waals surface area contributed by atoms with E-state index in [9.17, 15) is 4.79 Å². The van der Waals surface area contributed by atoms with E-state index in [1.807, 2.05) is 23.6 Å². The first-order valence-corrected chi connectivity index (χ1v) is 10.2. The Morgan fingerprint density at radius 1 is 1.31 bits per heavy atom. The van der Waals surface area contributed by atoms with Gasteiger partial charge in [-0.1, -0.05) is 11.8 Å². The van der Waals surface area contributed by atoms with Gasteiger partial charge in [-0.05, 0) is 37.5 Å². The predicted octanol–water partition coefficient (Wildman–Crippen LogP) is 2.12. The minimum absolute atomic E-state index is 0.115. The van der Waals surface area contributed by atoms with Crippen LogP contribution in [0.2, 0.25) is 0 Å². The first-order chi connectivity index (χ1) is 14.1. The van der Waals surface area contributed by atoms with Gasteiger partial charge < -0.3 is 25.1 Å². The number of hydrogen-bond acceptors (Lipinski definition) is 8. The highest BCUT2D eigenvalue weighted by atomic mass is 32.2. The van der Waals surface area contributed by atoms with E-state index in [2.05, 4.69) is 20.3 Å². The molecule has 5 rings (SSSR count). The van der Waals surface area contributed by atoms with E-state index < -0.39 is 0 Å². The molecule has 1 aliphatic heterocycles. The van der Waals surface area contributed by atoms with Gasteiger partial charge in [-0.15, -0.1) is 0 Å². The molecule has 0 atom stereocenters. The second-order valence-electron chi connectivity index (χ2n) is 7.12. The maximum absolute atomic E-state index is 12.0. The van der Waals surface area contributed by atoms with Gasteiger partial charge in [0.1, 0.15) is 6.33 Å². The summed E-state index contributed by atoms with van der Waals surface area (Å²) in [7, 11) is 0. The van der Waals surface area contributed by atoms with E-state index in [0.29, 0.717) is 30.1 Å². The standard InChI is InChI=1S/C19H20N6O3S/c1-10-6-12-13(28-9-27-12)7-14(10)29-19-24-15-16(20)22-8-23-17(15)25(19)5-4-21-18(26)11-2-3-11/h6-8,11H,2-5,9H2,1H3,(H,21,26)(H2,20,22,23). The highest BCUT2D eigenvalue weighted by Crippen LogP contribution is 2.40. The van der Waals surface area contributed by atoms with Crippen LogP contribution in [0.1, 0.15) is 18.4 Å². The normalized spacial score (nSPS) is 15.1. The zero-order valence-corrected chi connectivity index (χ0v) is 16.7. The van der Waals surface area contributed by atoms with Crippen molar-refractivity contribution in [3.63, 3.8) is 0 Å². The minimum atomic E-state index is 0.115. The van der Waals surface area contributed by atoms with Gasteiger partial charge in [-0.25, -0.2) is 15.0 Å². The predicted molar refractivity (Wildman–Crippen MR) is 107 cm³/mol. The highest BCUT2D eigenvalue weighted by Gasteiger charge is 2.29. The molecule has 1 amide bonds. The lowest BCUT2D eigenvalue weighted by Crippen LogP contribution is -2.28. The molecule has 1 saturated carbocycles. The number of ether oxygens (including phenoxy) is 2. The zero-order valence-electron chi connectivity index (χ0n) is 15.8. The van der Waals surface area contributed by atoms with Crippen molar-refractivity contribution in [2.24, 2.45) is 5.92 Å². The fourth-order valence-electron chi connectivity index (χ4n) is 3.23. The molecule has 150 valence electrons. The number of nitrogens with one attached hydrogen (secondary N) is 1. The molecule has 2 aromatic heterocycles. The maximum Gasteiger partial charge on any atom is 0.231 e. The SMILES string of the molecule is Cc1cc2c(cc1Sc1nc3c(N)ncnc3n1CCNC(=O)C1CC1)OCO2. The van der Waals surface area contributed by atoms with Gasteiger partial charge in [0.05, 0.1) is 0 Å². The van der Waals surface area contributed by atoms with Crippen molar-refractivity contribution in [2.45, 2.75) is 36.4 Å². The van der Waals surface area contributed by atoms with E-state index in [-0.39, 0.29) is 18.6 Å². The molecule has 0 saturated heterocycles. The van der Waals surface area contributed by atoms with E-state index in [4.69, 9.17) is 15.2 Å². The molecule has 2 aliphatic rings. The van der Waals surface area contributed by atoms with Crippen LogP contribution in [0.5, 0.6) is 11.5 Å². The van der Waals surface area contributed by atoms with Gasteiger partial charge in [0.2, 0.25) is 12.7 Å². The van der Waals surface area contributed by atoms with Gasteiger partial charge >= 0.3 is 0 Å². The number of carbonyl (C=O) groups is 1. The number of rotatable bonds is 6. The summed E-state index contributed by atoms with van der Waals surface area (Å²) in [4.78, 5) is 26.1. The molecule has 1 fully saturated rings. The summed E-state index contributed by atoms with van der Waals surface area (Å²) in [5.74, 6) is 2.09. The Kier molecular flexibility index (Phi) is 4.42. The molecule has 0 spiro atoms. The Bertz CT molecular complexity index is 1110. The lowest BCUT2D eigenvalue weighted by Gasteiger charge is -2.11. The molecule has 0 unspecified atom stereocenters. The topological polar surface area (TPSA) is 117 Å². The van der Waals surface area contributed by atoms with Crippen molar-refractivity contribution in [1.29, 1.82) is 0 Å². The first kappa shape index (κ1) is 18.0. The molecule has 10 heteroatoms. The Morgan fingerprint density at radius 2 is 2.10 bits per heavy atom. The number of carbonyl (C=O) groups excluding carboxylic acids is 1. The molecule has 3 heterocycles. The van der Waals surface area contributed by atoms with Crippen LogP contribution in [0.3, 0.4) is 0 Å². The maximum atomic E-state index is 12.0. The van der Waals surface area contributed by atoms with E-state index >= 15 is 0 Å². The smallest absolute Gasteiger partial charge is 0.231 e. The molecular weight excluding hydrogens is 392 g/mol. The van der Waals surface area contributed by atoms with Gasteiger partial charge in [0.15, 0.2) is 33.6 Å². The molecule has 3 aromatic rings. The Balaban J connectivity index is 1.46. The average Bonchev–Trinajstić information content (AvgIpc) is 3.37. The van der Waals surface area contributed by atoms with E-state index in [1.165, 1.54) is 18.1 Å². The van der Waals surface area contributed by atoms with Crippen LogP contribution in [0.15, 0.2) is 28.5 Å². The van der Waals surface area contributed by atoms with Gasteiger partial charge in [-0.3, -0.25) is 4.79 Å². The van der Waals surface area contributed by atoms with Crippen molar-refractivity contribution in [1.82, 2.24) is 24.8 Å². The third kappa shape index (κ3) is 3.44. The number of fused-ring (bicyclic) bond motifs is 2. The molecule has 1 aliphatic carbocycles. The number of hydrogen-bond donors (Lipinski definition) is 2. The number of amides is 1. The van der Waals surface area contributed by atoms with E-state index in [1.54, 1.807) is 0 Å². The lowest BCUT2D eigenvalue weighted by atomic mass is 10.2. The Hall–Kier alpha value is -3.01. The van der Waals surface area contributed by atoms with Crippen molar-refractivity contribution in [2.75, 3.05) is 19.1 Å². The number of aryl methyl sites for hydroxylation is 1. The molecule has 0 radical (unpaired) electrons. The van der Waals surface area contributed by atoms with Gasteiger partial charge in [0.25, 0.3) is 0 Å². The number of nitrogens with two attached hydrogens (primary N) is 1. The highest BCUT2D eigenvalue weighted by molar-refractivity contribution is 7.99. The average molecular weight is 412 g/mol. The van der Waals surface area contributed by atoms with Crippen LogP contribution < -0.4 is 20.5 Å². The summed E-state index contributed by atoms with van der Waals surface area (Å²) in [6, 6.07) is 3.91. The largest absolute Gasteiger partial charge is 0.454 e. The van der Waals surface area contributed by atoms with Crippen LogP contribution in [-0.4, -0.2) is 38.8 Å². The minimum Gasteiger partial charge on any atom is -0.454 e. The number of anilines is 1. The Labute approximate surface area is 171 Å². The zero-order chi connectivity index (χ0) is 20.0. The van der Waals surface area contributed by atoms with Crippen LogP contribution in [0.25, 0.3) is 11.2 Å². The van der Waals surface area contributed by atoms with Crippen LogP contribution >= 0.6 is 11.8 Å². The molecule has 0 bridgehead atoms. The summed E-state index contributed by atoms with van der Waals surface area (Å²) < 4.78 is 12.9. The summed E-state index contributed by atoms with van der Waals surface area (Å²) in [5, 5.41) is 3.72. The van der Waals surface area contributed by atoms with Crippen molar-refractivity contribution in [3.8, 4) is 11.5 Å². The fraction of sp³-hybridized carbons (Fsp3) is 0.368. The van der Waals surface area contributed by atoms with Crippen LogP contribution in [0.4, 0.5) is 5.82 Å². The number of aromatic nitrogens is 4. The second kappa shape index (κ2) is 7.11. The van der Waals surface area contributed by atoms with Crippen LogP contribution in [-0.2, 0) is 11.3 Å². The molecule has 3 N–H and O–H groups in total. The fourth-order valence-corrected chi connectivity index (χ4v) is 4.23. The number of benzene rings is 1. The lowest BCUT2D eigenvalue weighted by molar-refractivity contribution is -0.122. The molecule has 9 nitrogen and oxygen atoms in total. The number of imidazole rings is 1. The molecular formula is C19H20N6O3S. The summed E-state index contributed by atoms with van der Waals surface area (Å²) in [5.41, 5.74) is 8.28. The molecule has 1 aromatic carbocycles. The van der Waals surface area contributed by atoms with Crippen LogP contribution in [0, 0.1) is 12.8 Å². The monoisotopic (exact) mass is 412 g/mol. The first-order valence-electron chi connectivity index (χ1n) is 9.42. The summed E-state index contributed by atoms with van der Waals surface area (Å²) in [6.07, 6.45) is 3.39. The quantitative estimate of drug-likeness (QED) is 0.632. The molecule has 29 heavy (non-hydrogen) atoms.